The Morgan fingerprint density at radius 1 is 1.33 bits per heavy atom. The van der Waals surface area contributed by atoms with E-state index in [1.807, 2.05) is 20.8 Å². The van der Waals surface area contributed by atoms with Gasteiger partial charge in [0.05, 0.1) is 5.69 Å². The first kappa shape index (κ1) is 16.2. The van der Waals surface area contributed by atoms with Crippen molar-refractivity contribution in [2.45, 2.75) is 20.8 Å². The topological polar surface area (TPSA) is 101 Å². The molecule has 1 rings (SSSR count). The Morgan fingerprint density at radius 3 is 2.57 bits per heavy atom. The lowest BCUT2D eigenvalue weighted by molar-refractivity contribution is 0.0949. The molecule has 6 nitrogen and oxygen atoms in total. The second-order valence-electron chi connectivity index (χ2n) is 4.93. The van der Waals surface area contributed by atoms with Gasteiger partial charge < -0.3 is 5.32 Å². The molecular weight excluding hydrogens is 266 g/mol. The summed E-state index contributed by atoms with van der Waals surface area (Å²) in [5.41, 5.74) is 4.29. The fraction of sp³-hybridized carbons (Fsp3) is 0.333. The van der Waals surface area contributed by atoms with Gasteiger partial charge in [0.25, 0.3) is 5.91 Å². The minimum atomic E-state index is -0.274. The van der Waals surface area contributed by atoms with Gasteiger partial charge in [-0.25, -0.2) is 0 Å². The van der Waals surface area contributed by atoms with Crippen LogP contribution in [0.2, 0.25) is 0 Å². The van der Waals surface area contributed by atoms with E-state index in [1.54, 1.807) is 30.3 Å². The summed E-state index contributed by atoms with van der Waals surface area (Å²) in [5.74, 6) is 0.201. The third-order valence-corrected chi connectivity index (χ3v) is 2.67. The minimum absolute atomic E-state index is 0.170. The van der Waals surface area contributed by atoms with Crippen LogP contribution >= 0.6 is 0 Å². The molecule has 0 saturated heterocycles. The van der Waals surface area contributed by atoms with Crippen LogP contribution in [-0.4, -0.2) is 18.2 Å². The van der Waals surface area contributed by atoms with E-state index in [4.69, 9.17) is 10.5 Å². The maximum absolute atomic E-state index is 12.0. The number of carbonyl (C=O) groups excluding carboxylic acids is 1. The molecule has 0 spiro atoms. The van der Waals surface area contributed by atoms with Gasteiger partial charge >= 0.3 is 0 Å². The zero-order valence-electron chi connectivity index (χ0n) is 12.3. The molecule has 0 aliphatic rings. The Morgan fingerprint density at radius 2 is 2.00 bits per heavy atom. The van der Waals surface area contributed by atoms with Crippen LogP contribution in [0.3, 0.4) is 0 Å². The molecule has 21 heavy (non-hydrogen) atoms. The lowest BCUT2D eigenvalue weighted by Gasteiger charge is -2.10. The van der Waals surface area contributed by atoms with Gasteiger partial charge in [0.15, 0.2) is 0 Å². The highest BCUT2D eigenvalue weighted by atomic mass is 16.1. The van der Waals surface area contributed by atoms with Crippen LogP contribution in [0.15, 0.2) is 23.3 Å². The summed E-state index contributed by atoms with van der Waals surface area (Å²) in [6.07, 6.45) is 0. The van der Waals surface area contributed by atoms with E-state index >= 15 is 0 Å². The van der Waals surface area contributed by atoms with Crippen LogP contribution in [0.25, 0.3) is 0 Å². The largest absolute Gasteiger partial charge is 0.352 e. The first-order valence-corrected chi connectivity index (χ1v) is 6.50. The Balaban J connectivity index is 2.90. The summed E-state index contributed by atoms with van der Waals surface area (Å²) in [6.45, 7) is 6.47. The summed E-state index contributed by atoms with van der Waals surface area (Å²) in [4.78, 5) is 12.0. The molecular formula is C15H17N5O. The Hall–Kier alpha value is -2.86. The average molecular weight is 283 g/mol. The molecule has 2 N–H and O–H groups in total. The van der Waals surface area contributed by atoms with Crippen LogP contribution in [-0.2, 0) is 0 Å². The number of aryl methyl sites for hydroxylation is 1. The number of hydrogen-bond donors (Lipinski definition) is 2. The van der Waals surface area contributed by atoms with E-state index in [2.05, 4.69) is 15.8 Å². The lowest BCUT2D eigenvalue weighted by atomic mass is 10.1. The van der Waals surface area contributed by atoms with Crippen molar-refractivity contribution in [2.75, 3.05) is 12.0 Å². The van der Waals surface area contributed by atoms with Gasteiger partial charge in [0.1, 0.15) is 12.1 Å². The van der Waals surface area contributed by atoms with Crippen LogP contribution in [0.5, 0.6) is 0 Å². The fourth-order valence-electron chi connectivity index (χ4n) is 1.47. The molecule has 0 aliphatic carbocycles. The SMILES string of the molecule is Cc1ccc(C(=O)NCC(C)C)cc1NN=C(C#N)C#N. The van der Waals surface area contributed by atoms with Gasteiger partial charge in [-0.1, -0.05) is 19.9 Å². The number of rotatable bonds is 5. The van der Waals surface area contributed by atoms with Crippen molar-refractivity contribution in [2.24, 2.45) is 11.0 Å². The van der Waals surface area contributed by atoms with Gasteiger partial charge in [0.2, 0.25) is 5.71 Å². The molecule has 0 aromatic heterocycles. The number of hydrogen-bond acceptors (Lipinski definition) is 5. The molecule has 0 radical (unpaired) electrons. The number of nitrogens with one attached hydrogen (secondary N) is 2. The normalized spacial score (nSPS) is 9.43. The van der Waals surface area contributed by atoms with E-state index in [0.717, 1.165) is 5.56 Å². The van der Waals surface area contributed by atoms with Gasteiger partial charge in [-0.05, 0) is 30.5 Å². The van der Waals surface area contributed by atoms with Crippen LogP contribution in [0, 0.1) is 35.5 Å². The maximum atomic E-state index is 12.0. The fourth-order valence-corrected chi connectivity index (χ4v) is 1.47. The third kappa shape index (κ3) is 4.96. The number of hydrazone groups is 1. The summed E-state index contributed by atoms with van der Waals surface area (Å²) in [6, 6.07) is 8.45. The molecule has 1 aromatic carbocycles. The first-order valence-electron chi connectivity index (χ1n) is 6.50. The zero-order chi connectivity index (χ0) is 15.8. The van der Waals surface area contributed by atoms with Crippen LogP contribution < -0.4 is 10.7 Å². The summed E-state index contributed by atoms with van der Waals surface area (Å²) in [5, 5.41) is 23.8. The summed E-state index contributed by atoms with van der Waals surface area (Å²) < 4.78 is 0. The number of benzene rings is 1. The first-order chi connectivity index (χ1) is 9.97. The predicted molar refractivity (Wildman–Crippen MR) is 80.6 cm³/mol. The molecule has 0 heterocycles. The average Bonchev–Trinajstić information content (AvgIpc) is 2.47. The smallest absolute Gasteiger partial charge is 0.251 e. The molecule has 0 atom stereocenters. The van der Waals surface area contributed by atoms with Crippen molar-refractivity contribution in [3.8, 4) is 12.1 Å². The predicted octanol–water partition coefficient (Wildman–Crippen LogP) is 2.20. The molecule has 0 unspecified atom stereocenters. The van der Waals surface area contributed by atoms with Crippen molar-refractivity contribution in [3.63, 3.8) is 0 Å². The second kappa shape index (κ2) is 7.66. The Labute approximate surface area is 124 Å². The highest BCUT2D eigenvalue weighted by molar-refractivity contribution is 6.10. The van der Waals surface area contributed by atoms with E-state index in [-0.39, 0.29) is 11.6 Å². The van der Waals surface area contributed by atoms with E-state index < -0.39 is 0 Å². The molecule has 1 aromatic rings. The Kier molecular flexibility index (Phi) is 5.91. The molecule has 6 heteroatoms. The monoisotopic (exact) mass is 283 g/mol. The van der Waals surface area contributed by atoms with Crippen molar-refractivity contribution in [1.82, 2.24) is 5.32 Å². The van der Waals surface area contributed by atoms with Gasteiger partial charge in [-0.15, -0.1) is 0 Å². The molecule has 0 bridgehead atoms. The van der Waals surface area contributed by atoms with E-state index in [0.29, 0.717) is 23.7 Å². The summed E-state index contributed by atoms with van der Waals surface area (Å²) >= 11 is 0. The number of anilines is 1. The van der Waals surface area contributed by atoms with E-state index in [1.165, 1.54) is 0 Å². The molecule has 0 fully saturated rings. The standard InChI is InChI=1S/C15H17N5O/c1-10(2)9-18-15(21)12-5-4-11(3)14(6-12)20-19-13(7-16)8-17/h4-6,10,20H,9H2,1-3H3,(H,18,21). The van der Waals surface area contributed by atoms with Crippen molar-refractivity contribution in [1.29, 1.82) is 10.5 Å². The minimum Gasteiger partial charge on any atom is -0.352 e. The number of nitrogens with zero attached hydrogens (tertiary/aromatic N) is 3. The Bertz CT molecular complexity index is 618. The number of carbonyl (C=O) groups is 1. The van der Waals surface area contributed by atoms with Crippen molar-refractivity contribution >= 4 is 17.3 Å². The highest BCUT2D eigenvalue weighted by Gasteiger charge is 2.08. The second-order valence-corrected chi connectivity index (χ2v) is 4.93. The zero-order valence-corrected chi connectivity index (χ0v) is 12.3. The lowest BCUT2D eigenvalue weighted by Crippen LogP contribution is -2.27. The molecule has 0 saturated carbocycles. The molecule has 1 amide bonds. The maximum Gasteiger partial charge on any atom is 0.251 e. The quantitative estimate of drug-likeness (QED) is 0.638. The third-order valence-electron chi connectivity index (χ3n) is 2.67. The molecule has 0 aliphatic heterocycles. The number of amides is 1. The highest BCUT2D eigenvalue weighted by Crippen LogP contribution is 2.17. The van der Waals surface area contributed by atoms with Crippen LogP contribution in [0.4, 0.5) is 5.69 Å². The van der Waals surface area contributed by atoms with E-state index in [9.17, 15) is 4.79 Å². The van der Waals surface area contributed by atoms with Gasteiger partial charge in [0, 0.05) is 12.1 Å². The molecule has 108 valence electrons. The van der Waals surface area contributed by atoms with Gasteiger partial charge in [-0.3, -0.25) is 10.2 Å². The number of nitriles is 2. The van der Waals surface area contributed by atoms with Crippen LogP contribution in [0.1, 0.15) is 29.8 Å². The van der Waals surface area contributed by atoms with Crippen molar-refractivity contribution < 1.29 is 4.79 Å². The van der Waals surface area contributed by atoms with Crippen molar-refractivity contribution in [3.05, 3.63) is 29.3 Å². The van der Waals surface area contributed by atoms with Gasteiger partial charge in [-0.2, -0.15) is 15.6 Å². The summed E-state index contributed by atoms with van der Waals surface area (Å²) in [7, 11) is 0.